The van der Waals surface area contributed by atoms with Crippen molar-refractivity contribution < 1.29 is 14.7 Å². The number of carboxylic acid groups (broad SMARTS) is 1. The van der Waals surface area contributed by atoms with Gasteiger partial charge in [0.15, 0.2) is 5.78 Å². The summed E-state index contributed by atoms with van der Waals surface area (Å²) in [6.45, 7) is 4.20. The molecule has 0 aromatic rings. The molecule has 0 aliphatic carbocycles. The zero-order valence-electron chi connectivity index (χ0n) is 11.1. The monoisotopic (exact) mass is 256 g/mol. The number of Topliss-reactive ketones (excluding diaryl/α,β-unsaturated/α-hetero) is 1. The van der Waals surface area contributed by atoms with E-state index >= 15 is 0 Å². The van der Waals surface area contributed by atoms with Gasteiger partial charge in [0.25, 0.3) is 0 Å². The van der Waals surface area contributed by atoms with E-state index in [0.717, 1.165) is 38.8 Å². The number of piperazine rings is 1. The molecule has 0 aromatic carbocycles. The minimum absolute atomic E-state index is 0.175. The van der Waals surface area contributed by atoms with Crippen LogP contribution in [0.3, 0.4) is 0 Å². The summed E-state index contributed by atoms with van der Waals surface area (Å²) in [7, 11) is 0. The summed E-state index contributed by atoms with van der Waals surface area (Å²) in [5.41, 5.74) is 0. The van der Waals surface area contributed by atoms with Crippen LogP contribution in [0.1, 0.15) is 39.0 Å². The zero-order chi connectivity index (χ0) is 13.4. The number of ketones is 1. The maximum atomic E-state index is 12.1. The topological polar surface area (TPSA) is 78.4 Å². The number of hydrogen-bond acceptors (Lipinski definition) is 4. The molecule has 0 bridgehead atoms. The Kier molecular flexibility index (Phi) is 6.90. The van der Waals surface area contributed by atoms with Crippen LogP contribution in [-0.2, 0) is 9.59 Å². The Bertz CT molecular complexity index is 275. The summed E-state index contributed by atoms with van der Waals surface area (Å²) >= 11 is 0. The van der Waals surface area contributed by atoms with Crippen molar-refractivity contribution in [1.29, 1.82) is 0 Å². The molecule has 0 unspecified atom stereocenters. The zero-order valence-corrected chi connectivity index (χ0v) is 11.1. The lowest BCUT2D eigenvalue weighted by Crippen LogP contribution is -2.54. The van der Waals surface area contributed by atoms with Crippen LogP contribution >= 0.6 is 0 Å². The highest BCUT2D eigenvalue weighted by Crippen LogP contribution is 2.14. The van der Waals surface area contributed by atoms with Gasteiger partial charge in [-0.05, 0) is 6.42 Å². The molecule has 18 heavy (non-hydrogen) atoms. The molecule has 0 saturated carbocycles. The van der Waals surface area contributed by atoms with E-state index in [1.807, 2.05) is 0 Å². The lowest BCUT2D eigenvalue weighted by Gasteiger charge is -2.25. The Labute approximate surface area is 108 Å². The van der Waals surface area contributed by atoms with E-state index in [0.29, 0.717) is 13.0 Å². The van der Waals surface area contributed by atoms with Crippen LogP contribution in [0.5, 0.6) is 0 Å². The van der Waals surface area contributed by atoms with Gasteiger partial charge in [-0.2, -0.15) is 0 Å². The fourth-order valence-electron chi connectivity index (χ4n) is 2.26. The summed E-state index contributed by atoms with van der Waals surface area (Å²) in [6.07, 6.45) is 4.50. The molecule has 0 radical (unpaired) electrons. The van der Waals surface area contributed by atoms with Gasteiger partial charge in [-0.15, -0.1) is 0 Å². The summed E-state index contributed by atoms with van der Waals surface area (Å²) in [5, 5.41) is 15.4. The molecule has 1 saturated heterocycles. The molecule has 104 valence electrons. The van der Waals surface area contributed by atoms with Gasteiger partial charge in [-0.3, -0.25) is 9.59 Å². The Morgan fingerprint density at radius 2 is 2.06 bits per heavy atom. The van der Waals surface area contributed by atoms with Crippen LogP contribution in [0.15, 0.2) is 0 Å². The van der Waals surface area contributed by atoms with Gasteiger partial charge in [-0.1, -0.05) is 32.6 Å². The highest BCUT2D eigenvalue weighted by molar-refractivity contribution is 6.01. The van der Waals surface area contributed by atoms with Crippen LogP contribution in [0.4, 0.5) is 0 Å². The first-order valence-corrected chi connectivity index (χ1v) is 6.87. The van der Waals surface area contributed by atoms with Gasteiger partial charge < -0.3 is 15.7 Å². The fraction of sp³-hybridized carbons (Fsp3) is 0.846. The average Bonchev–Trinajstić information content (AvgIpc) is 2.39. The Morgan fingerprint density at radius 3 is 2.61 bits per heavy atom. The van der Waals surface area contributed by atoms with Gasteiger partial charge in [0.1, 0.15) is 5.92 Å². The van der Waals surface area contributed by atoms with Gasteiger partial charge >= 0.3 is 5.97 Å². The lowest BCUT2D eigenvalue weighted by molar-refractivity contribution is -0.147. The van der Waals surface area contributed by atoms with Crippen molar-refractivity contribution in [2.75, 3.05) is 19.6 Å². The van der Waals surface area contributed by atoms with Crippen LogP contribution in [0, 0.1) is 5.92 Å². The highest BCUT2D eigenvalue weighted by atomic mass is 16.4. The minimum atomic E-state index is -0.983. The number of hydrogen-bond donors (Lipinski definition) is 3. The molecule has 1 fully saturated rings. The van der Waals surface area contributed by atoms with Gasteiger partial charge in [0.05, 0.1) is 6.04 Å². The van der Waals surface area contributed by atoms with Crippen molar-refractivity contribution in [2.45, 2.75) is 45.1 Å². The number of nitrogens with one attached hydrogen (secondary N) is 2. The number of aliphatic carboxylic acids is 1. The maximum Gasteiger partial charge on any atom is 0.314 e. The second kappa shape index (κ2) is 8.21. The van der Waals surface area contributed by atoms with Crippen molar-refractivity contribution in [3.8, 4) is 0 Å². The fourth-order valence-corrected chi connectivity index (χ4v) is 2.26. The number of carbonyl (C=O) groups is 2. The third-order valence-electron chi connectivity index (χ3n) is 3.37. The predicted molar refractivity (Wildman–Crippen MR) is 69.6 cm³/mol. The summed E-state index contributed by atoms with van der Waals surface area (Å²) in [6, 6.07) is -0.342. The molecule has 1 heterocycles. The van der Waals surface area contributed by atoms with Crippen molar-refractivity contribution in [3.63, 3.8) is 0 Å². The van der Waals surface area contributed by atoms with Gasteiger partial charge in [0.2, 0.25) is 0 Å². The second-order valence-corrected chi connectivity index (χ2v) is 4.85. The van der Waals surface area contributed by atoms with Gasteiger partial charge in [0, 0.05) is 19.6 Å². The molecule has 0 aromatic heterocycles. The van der Waals surface area contributed by atoms with Crippen molar-refractivity contribution >= 4 is 11.8 Å². The van der Waals surface area contributed by atoms with Crippen LogP contribution < -0.4 is 10.6 Å². The van der Waals surface area contributed by atoms with Gasteiger partial charge in [-0.25, -0.2) is 0 Å². The number of carboxylic acids is 1. The van der Waals surface area contributed by atoms with E-state index in [1.54, 1.807) is 0 Å². The normalized spacial score (nSPS) is 21.5. The highest BCUT2D eigenvalue weighted by Gasteiger charge is 2.32. The van der Waals surface area contributed by atoms with Crippen molar-refractivity contribution in [3.05, 3.63) is 0 Å². The number of rotatable bonds is 8. The van der Waals surface area contributed by atoms with Crippen LogP contribution in [0.25, 0.3) is 0 Å². The van der Waals surface area contributed by atoms with Crippen molar-refractivity contribution in [2.24, 2.45) is 5.92 Å². The van der Waals surface area contributed by atoms with Crippen LogP contribution in [-0.4, -0.2) is 42.5 Å². The van der Waals surface area contributed by atoms with E-state index in [1.165, 1.54) is 0 Å². The molecule has 1 aliphatic rings. The first-order valence-electron chi connectivity index (χ1n) is 6.87. The van der Waals surface area contributed by atoms with E-state index in [-0.39, 0.29) is 11.8 Å². The first kappa shape index (κ1) is 15.1. The molecular weight excluding hydrogens is 232 g/mol. The third kappa shape index (κ3) is 4.74. The summed E-state index contributed by atoms with van der Waals surface area (Å²) in [4.78, 5) is 23.3. The first-order chi connectivity index (χ1) is 8.66. The SMILES string of the molecule is CCCCCC[C@@H](C(=O)O)C(=O)[C@@H]1CNCCN1. The standard InChI is InChI=1S/C13H24N2O3/c1-2-3-4-5-6-10(13(17)18)12(16)11-9-14-7-8-15-11/h10-11,14-15H,2-9H2,1H3,(H,17,18)/t10-,11+/m1/s1. The molecule has 0 spiro atoms. The average molecular weight is 256 g/mol. The minimum Gasteiger partial charge on any atom is -0.481 e. The Balaban J connectivity index is 2.44. The Hall–Kier alpha value is -0.940. The smallest absolute Gasteiger partial charge is 0.314 e. The lowest BCUT2D eigenvalue weighted by atomic mass is 9.91. The predicted octanol–water partition coefficient (Wildman–Crippen LogP) is 0.788. The van der Waals surface area contributed by atoms with E-state index < -0.39 is 11.9 Å². The number of unbranched alkanes of at least 4 members (excludes halogenated alkanes) is 3. The molecule has 1 aliphatic heterocycles. The maximum absolute atomic E-state index is 12.1. The van der Waals surface area contributed by atoms with Crippen molar-refractivity contribution in [1.82, 2.24) is 10.6 Å². The molecule has 1 rings (SSSR count). The quantitative estimate of drug-likeness (QED) is 0.442. The summed E-state index contributed by atoms with van der Waals surface area (Å²) < 4.78 is 0. The molecule has 5 nitrogen and oxygen atoms in total. The summed E-state index contributed by atoms with van der Waals surface area (Å²) in [5.74, 6) is -2.01. The largest absolute Gasteiger partial charge is 0.481 e. The Morgan fingerprint density at radius 1 is 1.28 bits per heavy atom. The van der Waals surface area contributed by atoms with E-state index in [9.17, 15) is 9.59 Å². The van der Waals surface area contributed by atoms with E-state index in [2.05, 4.69) is 17.6 Å². The third-order valence-corrected chi connectivity index (χ3v) is 3.37. The molecular formula is C13H24N2O3. The number of carbonyl (C=O) groups excluding carboxylic acids is 1. The second-order valence-electron chi connectivity index (χ2n) is 4.85. The molecule has 3 N–H and O–H groups in total. The van der Waals surface area contributed by atoms with Crippen LogP contribution in [0.2, 0.25) is 0 Å². The molecule has 5 heteroatoms. The van der Waals surface area contributed by atoms with E-state index in [4.69, 9.17) is 5.11 Å². The molecule has 2 atom stereocenters. The molecule has 0 amide bonds.